The lowest BCUT2D eigenvalue weighted by molar-refractivity contribution is 0.198. The van der Waals surface area contributed by atoms with Crippen LogP contribution in [-0.2, 0) is 32.1 Å². The predicted molar refractivity (Wildman–Crippen MR) is 101 cm³/mol. The summed E-state index contributed by atoms with van der Waals surface area (Å²) in [5, 5.41) is 17.0. The molecule has 0 spiro atoms. The average Bonchev–Trinajstić information content (AvgIpc) is 3.19. The van der Waals surface area contributed by atoms with Crippen molar-refractivity contribution < 1.29 is 0 Å². The van der Waals surface area contributed by atoms with Crippen LogP contribution in [0.4, 0.5) is 0 Å². The molecule has 0 amide bonds. The molecule has 1 saturated heterocycles. The van der Waals surface area contributed by atoms with Gasteiger partial charge in [-0.15, -0.1) is 10.2 Å². The number of hydrogen-bond acceptors (Lipinski definition) is 5. The molecule has 4 rings (SSSR count). The lowest BCUT2D eigenvalue weighted by Crippen LogP contribution is -2.35. The van der Waals surface area contributed by atoms with Gasteiger partial charge in [0, 0.05) is 49.8 Å². The monoisotopic (exact) mass is 357 g/mol. The third kappa shape index (κ3) is 3.42. The number of piperidine rings is 1. The number of aromatic nitrogens is 5. The molecule has 4 heterocycles. The minimum Gasteiger partial charge on any atom is -0.312 e. The quantitative estimate of drug-likeness (QED) is 0.907. The van der Waals surface area contributed by atoms with Crippen LogP contribution in [0.15, 0.2) is 6.20 Å². The highest BCUT2D eigenvalue weighted by molar-refractivity contribution is 5.24. The van der Waals surface area contributed by atoms with Gasteiger partial charge < -0.3 is 9.88 Å². The molecule has 0 saturated carbocycles. The largest absolute Gasteiger partial charge is 0.312 e. The van der Waals surface area contributed by atoms with Gasteiger partial charge in [0.05, 0.1) is 12.2 Å². The molecule has 7 heteroatoms. The molecule has 2 aliphatic heterocycles. The summed E-state index contributed by atoms with van der Waals surface area (Å²) in [6, 6.07) is 0. The molecule has 2 aromatic heterocycles. The zero-order valence-electron chi connectivity index (χ0n) is 16.5. The number of aryl methyl sites for hydroxylation is 1. The van der Waals surface area contributed by atoms with Crippen LogP contribution in [0.25, 0.3) is 0 Å². The third-order valence-corrected chi connectivity index (χ3v) is 5.61. The highest BCUT2D eigenvalue weighted by Crippen LogP contribution is 2.30. The Labute approximate surface area is 155 Å². The van der Waals surface area contributed by atoms with Crippen molar-refractivity contribution >= 4 is 0 Å². The van der Waals surface area contributed by atoms with Gasteiger partial charge in [0.2, 0.25) is 0 Å². The van der Waals surface area contributed by atoms with Gasteiger partial charge in [-0.05, 0) is 25.9 Å². The Kier molecular flexibility index (Phi) is 4.61. The van der Waals surface area contributed by atoms with E-state index in [0.717, 1.165) is 57.9 Å². The molecule has 0 aliphatic carbocycles. The predicted octanol–water partition coefficient (Wildman–Crippen LogP) is 1.79. The molecule has 26 heavy (non-hydrogen) atoms. The van der Waals surface area contributed by atoms with Gasteiger partial charge in [0.1, 0.15) is 11.6 Å². The molecule has 1 N–H and O–H groups in total. The van der Waals surface area contributed by atoms with Crippen LogP contribution in [0.3, 0.4) is 0 Å². The normalized spacial score (nSPS) is 19.7. The number of rotatable bonds is 3. The molecule has 1 fully saturated rings. The number of hydrogen-bond donors (Lipinski definition) is 1. The molecule has 2 aliphatic rings. The van der Waals surface area contributed by atoms with Crippen molar-refractivity contribution in [1.29, 1.82) is 0 Å². The van der Waals surface area contributed by atoms with Crippen LogP contribution in [0.2, 0.25) is 0 Å². The lowest BCUT2D eigenvalue weighted by atomic mass is 9.89. The maximum Gasteiger partial charge on any atom is 0.147 e. The number of likely N-dealkylation sites (tertiary alicyclic amines) is 1. The molecule has 0 unspecified atom stereocenters. The zero-order valence-corrected chi connectivity index (χ0v) is 16.5. The fourth-order valence-electron chi connectivity index (χ4n) is 4.29. The van der Waals surface area contributed by atoms with Crippen LogP contribution >= 0.6 is 0 Å². The molecular weight excluding hydrogens is 326 g/mol. The van der Waals surface area contributed by atoms with Crippen molar-refractivity contribution in [2.45, 2.75) is 64.6 Å². The minimum atomic E-state index is 0.0868. The van der Waals surface area contributed by atoms with Crippen molar-refractivity contribution in [3.63, 3.8) is 0 Å². The fraction of sp³-hybridized carbons (Fsp3) is 0.737. The van der Waals surface area contributed by atoms with Crippen LogP contribution in [0, 0.1) is 0 Å². The zero-order chi connectivity index (χ0) is 18.3. The first-order valence-electron chi connectivity index (χ1n) is 9.80. The van der Waals surface area contributed by atoms with Gasteiger partial charge in [-0.3, -0.25) is 9.58 Å². The molecule has 2 aromatic rings. The fourth-order valence-corrected chi connectivity index (χ4v) is 4.29. The first-order valence-corrected chi connectivity index (χ1v) is 9.80. The summed E-state index contributed by atoms with van der Waals surface area (Å²) in [4.78, 5) is 2.57. The highest BCUT2D eigenvalue weighted by Gasteiger charge is 2.28. The first kappa shape index (κ1) is 17.7. The van der Waals surface area contributed by atoms with E-state index in [0.29, 0.717) is 5.92 Å². The van der Waals surface area contributed by atoms with E-state index in [1.807, 2.05) is 11.7 Å². The Hall–Kier alpha value is -1.73. The summed E-state index contributed by atoms with van der Waals surface area (Å²) in [5.41, 5.74) is 2.68. The smallest absolute Gasteiger partial charge is 0.147 e. The van der Waals surface area contributed by atoms with Crippen molar-refractivity contribution in [3.8, 4) is 0 Å². The van der Waals surface area contributed by atoms with E-state index in [-0.39, 0.29) is 5.41 Å². The summed E-state index contributed by atoms with van der Waals surface area (Å²) in [7, 11) is 2.02. The van der Waals surface area contributed by atoms with E-state index in [9.17, 15) is 0 Å². The van der Waals surface area contributed by atoms with E-state index >= 15 is 0 Å². The second-order valence-corrected chi connectivity index (χ2v) is 8.78. The Morgan fingerprint density at radius 2 is 1.92 bits per heavy atom. The maximum absolute atomic E-state index is 4.71. The van der Waals surface area contributed by atoms with Crippen molar-refractivity contribution in [3.05, 3.63) is 29.1 Å². The second-order valence-electron chi connectivity index (χ2n) is 8.78. The summed E-state index contributed by atoms with van der Waals surface area (Å²) in [6.07, 6.45) is 4.52. The van der Waals surface area contributed by atoms with Crippen LogP contribution in [-0.4, -0.2) is 49.1 Å². The van der Waals surface area contributed by atoms with Gasteiger partial charge in [-0.2, -0.15) is 5.10 Å². The van der Waals surface area contributed by atoms with E-state index in [4.69, 9.17) is 5.10 Å². The molecule has 0 radical (unpaired) electrons. The molecule has 0 atom stereocenters. The standard InChI is InChI=1S/C19H31N7/c1-19(2,3)17-15(12-24(4)23-17)13-25-8-5-14(6-9-25)18-22-21-16-11-20-7-10-26(16)18/h12,14,20H,5-11,13H2,1-4H3. The van der Waals surface area contributed by atoms with Crippen molar-refractivity contribution in [2.24, 2.45) is 7.05 Å². The van der Waals surface area contributed by atoms with Crippen molar-refractivity contribution in [2.75, 3.05) is 19.6 Å². The summed E-state index contributed by atoms with van der Waals surface area (Å²) in [5.74, 6) is 2.85. The number of nitrogens with one attached hydrogen (secondary N) is 1. The summed E-state index contributed by atoms with van der Waals surface area (Å²) < 4.78 is 4.30. The van der Waals surface area contributed by atoms with Gasteiger partial charge in [-0.25, -0.2) is 0 Å². The Morgan fingerprint density at radius 1 is 1.15 bits per heavy atom. The van der Waals surface area contributed by atoms with Gasteiger partial charge in [0.25, 0.3) is 0 Å². The molecule has 7 nitrogen and oxygen atoms in total. The molecular formula is C19H31N7. The number of fused-ring (bicyclic) bond motifs is 1. The van der Waals surface area contributed by atoms with E-state index in [1.165, 1.54) is 17.1 Å². The third-order valence-electron chi connectivity index (χ3n) is 5.61. The van der Waals surface area contributed by atoms with Gasteiger partial charge in [-0.1, -0.05) is 20.8 Å². The summed E-state index contributed by atoms with van der Waals surface area (Å²) in [6.45, 7) is 12.8. The van der Waals surface area contributed by atoms with E-state index < -0.39 is 0 Å². The lowest BCUT2D eigenvalue weighted by Gasteiger charge is -2.32. The Morgan fingerprint density at radius 3 is 2.65 bits per heavy atom. The topological polar surface area (TPSA) is 63.8 Å². The van der Waals surface area contributed by atoms with Gasteiger partial charge in [0.15, 0.2) is 0 Å². The molecule has 0 bridgehead atoms. The minimum absolute atomic E-state index is 0.0868. The van der Waals surface area contributed by atoms with Crippen LogP contribution < -0.4 is 5.32 Å². The molecule has 0 aromatic carbocycles. The average molecular weight is 358 g/mol. The van der Waals surface area contributed by atoms with E-state index in [1.54, 1.807) is 0 Å². The van der Waals surface area contributed by atoms with E-state index in [2.05, 4.69) is 51.9 Å². The highest BCUT2D eigenvalue weighted by atomic mass is 15.3. The second kappa shape index (κ2) is 6.78. The SMILES string of the molecule is Cn1cc(CN2CCC(c3nnc4n3CCNC4)CC2)c(C(C)(C)C)n1. The summed E-state index contributed by atoms with van der Waals surface area (Å²) >= 11 is 0. The number of nitrogens with zero attached hydrogens (tertiary/aromatic N) is 6. The van der Waals surface area contributed by atoms with Crippen LogP contribution in [0.1, 0.15) is 62.4 Å². The van der Waals surface area contributed by atoms with Crippen molar-refractivity contribution in [1.82, 2.24) is 34.8 Å². The first-order chi connectivity index (χ1) is 12.4. The maximum atomic E-state index is 4.71. The Balaban J connectivity index is 1.41. The van der Waals surface area contributed by atoms with Gasteiger partial charge >= 0.3 is 0 Å². The molecule has 142 valence electrons. The Bertz CT molecular complexity index is 759. The van der Waals surface area contributed by atoms with Crippen LogP contribution in [0.5, 0.6) is 0 Å².